The van der Waals surface area contributed by atoms with Crippen LogP contribution in [0.25, 0.3) is 0 Å². The van der Waals surface area contributed by atoms with E-state index >= 15 is 0 Å². The summed E-state index contributed by atoms with van der Waals surface area (Å²) >= 11 is 6.34. The van der Waals surface area contributed by atoms with E-state index in [9.17, 15) is 9.59 Å². The van der Waals surface area contributed by atoms with Gasteiger partial charge in [0.1, 0.15) is 6.04 Å². The van der Waals surface area contributed by atoms with Crippen molar-refractivity contribution in [2.75, 3.05) is 6.54 Å². The number of carbonyl (C=O) groups excluding carboxylic acids is 2. The Kier molecular flexibility index (Phi) is 9.92. The number of hydrogen-bond donors (Lipinski definition) is 1. The van der Waals surface area contributed by atoms with Crippen molar-refractivity contribution in [3.8, 4) is 0 Å². The fourth-order valence-corrected chi connectivity index (χ4v) is 4.30. The fraction of sp³-hybridized carbons (Fsp3) is 0.333. The molecule has 2 amide bonds. The second-order valence-corrected chi connectivity index (χ2v) is 9.85. The summed E-state index contributed by atoms with van der Waals surface area (Å²) in [4.78, 5) is 28.9. The number of nitrogens with one attached hydrogen (secondary N) is 1. The second-order valence-electron chi connectivity index (χ2n) is 9.45. The summed E-state index contributed by atoms with van der Waals surface area (Å²) in [5, 5.41) is 3.72. The third-order valence-electron chi connectivity index (χ3n) is 5.96. The first-order valence-electron chi connectivity index (χ1n) is 12.2. The minimum absolute atomic E-state index is 0.0629. The maximum atomic E-state index is 13.7. The van der Waals surface area contributed by atoms with Crippen LogP contribution in [0, 0.1) is 12.8 Å². The molecule has 0 aliphatic heterocycles. The molecule has 184 valence electrons. The van der Waals surface area contributed by atoms with E-state index in [1.54, 1.807) is 4.90 Å². The van der Waals surface area contributed by atoms with Crippen molar-refractivity contribution in [3.05, 3.63) is 106 Å². The SMILES string of the molecule is Cc1cccc(CN(C(=O)CCc2ccccc2Cl)C(Cc2ccccc2)C(=O)NCC(C)C)c1. The van der Waals surface area contributed by atoms with E-state index in [4.69, 9.17) is 11.6 Å². The third kappa shape index (κ3) is 8.25. The van der Waals surface area contributed by atoms with Crippen LogP contribution >= 0.6 is 11.6 Å². The lowest BCUT2D eigenvalue weighted by atomic mass is 10.0. The molecule has 0 aliphatic rings. The highest BCUT2D eigenvalue weighted by Gasteiger charge is 2.30. The number of benzene rings is 3. The molecule has 0 heterocycles. The van der Waals surface area contributed by atoms with E-state index in [0.29, 0.717) is 36.9 Å². The van der Waals surface area contributed by atoms with Gasteiger partial charge in [0.2, 0.25) is 11.8 Å². The summed E-state index contributed by atoms with van der Waals surface area (Å²) < 4.78 is 0. The van der Waals surface area contributed by atoms with E-state index in [0.717, 1.165) is 22.3 Å². The largest absolute Gasteiger partial charge is 0.354 e. The molecule has 1 atom stereocenters. The van der Waals surface area contributed by atoms with Crippen LogP contribution in [0.3, 0.4) is 0 Å². The van der Waals surface area contributed by atoms with E-state index < -0.39 is 6.04 Å². The summed E-state index contributed by atoms with van der Waals surface area (Å²) in [7, 11) is 0. The number of halogens is 1. The average Bonchev–Trinajstić information content (AvgIpc) is 2.84. The Labute approximate surface area is 214 Å². The summed E-state index contributed by atoms with van der Waals surface area (Å²) in [6, 6.07) is 24.9. The third-order valence-corrected chi connectivity index (χ3v) is 6.33. The molecule has 0 bridgehead atoms. The Bertz CT molecular complexity index is 1110. The predicted molar refractivity (Wildman–Crippen MR) is 143 cm³/mol. The number of hydrogen-bond acceptors (Lipinski definition) is 2. The van der Waals surface area contributed by atoms with Crippen LogP contribution < -0.4 is 5.32 Å². The highest BCUT2D eigenvalue weighted by Crippen LogP contribution is 2.20. The van der Waals surface area contributed by atoms with Gasteiger partial charge in [0.25, 0.3) is 0 Å². The van der Waals surface area contributed by atoms with Crippen molar-refractivity contribution in [3.63, 3.8) is 0 Å². The quantitative estimate of drug-likeness (QED) is 0.358. The van der Waals surface area contributed by atoms with Crippen LogP contribution in [0.4, 0.5) is 0 Å². The molecular weight excluding hydrogens is 456 g/mol. The minimum atomic E-state index is -0.615. The van der Waals surface area contributed by atoms with Gasteiger partial charge in [-0.15, -0.1) is 0 Å². The Morgan fingerprint density at radius 1 is 0.914 bits per heavy atom. The molecule has 3 aromatic carbocycles. The van der Waals surface area contributed by atoms with Gasteiger partial charge in [-0.05, 0) is 42.0 Å². The van der Waals surface area contributed by atoms with E-state index in [1.807, 2.05) is 79.7 Å². The Balaban J connectivity index is 1.91. The maximum Gasteiger partial charge on any atom is 0.243 e. The van der Waals surface area contributed by atoms with E-state index in [2.05, 4.69) is 25.2 Å². The highest BCUT2D eigenvalue weighted by atomic mass is 35.5. The molecule has 3 aromatic rings. The van der Waals surface area contributed by atoms with E-state index in [-0.39, 0.29) is 18.2 Å². The van der Waals surface area contributed by atoms with E-state index in [1.165, 1.54) is 0 Å². The molecule has 0 saturated carbocycles. The second kappa shape index (κ2) is 13.1. The number of carbonyl (C=O) groups is 2. The van der Waals surface area contributed by atoms with Crippen molar-refractivity contribution in [1.82, 2.24) is 10.2 Å². The molecule has 0 saturated heterocycles. The molecule has 5 heteroatoms. The zero-order valence-electron chi connectivity index (χ0n) is 20.8. The van der Waals surface area contributed by atoms with Crippen molar-refractivity contribution in [2.45, 2.75) is 52.6 Å². The maximum absolute atomic E-state index is 13.7. The van der Waals surface area contributed by atoms with Crippen LogP contribution in [0.2, 0.25) is 5.02 Å². The van der Waals surface area contributed by atoms with Crippen LogP contribution in [0.5, 0.6) is 0 Å². The molecular formula is C30H35ClN2O2. The van der Waals surface area contributed by atoms with Crippen LogP contribution in [0.15, 0.2) is 78.9 Å². The smallest absolute Gasteiger partial charge is 0.243 e. The van der Waals surface area contributed by atoms with Crippen LogP contribution in [-0.4, -0.2) is 29.3 Å². The lowest BCUT2D eigenvalue weighted by Gasteiger charge is -2.32. The first-order valence-corrected chi connectivity index (χ1v) is 12.6. The molecule has 4 nitrogen and oxygen atoms in total. The van der Waals surface area contributed by atoms with Crippen LogP contribution in [-0.2, 0) is 29.0 Å². The normalized spacial score (nSPS) is 11.8. The van der Waals surface area contributed by atoms with Gasteiger partial charge in [-0.2, -0.15) is 0 Å². The van der Waals surface area contributed by atoms with Crippen molar-refractivity contribution >= 4 is 23.4 Å². The van der Waals surface area contributed by atoms with Gasteiger partial charge in [-0.3, -0.25) is 9.59 Å². The molecule has 0 aliphatic carbocycles. The van der Waals surface area contributed by atoms with Gasteiger partial charge in [-0.25, -0.2) is 0 Å². The number of aryl methyl sites for hydroxylation is 2. The van der Waals surface area contributed by atoms with Gasteiger partial charge < -0.3 is 10.2 Å². The van der Waals surface area contributed by atoms with Crippen molar-refractivity contribution in [2.24, 2.45) is 5.92 Å². The molecule has 35 heavy (non-hydrogen) atoms. The summed E-state index contributed by atoms with van der Waals surface area (Å²) in [6.45, 7) is 7.09. The topological polar surface area (TPSA) is 49.4 Å². The highest BCUT2D eigenvalue weighted by molar-refractivity contribution is 6.31. The average molecular weight is 491 g/mol. The molecule has 0 aromatic heterocycles. The molecule has 0 fully saturated rings. The monoisotopic (exact) mass is 490 g/mol. The molecule has 0 radical (unpaired) electrons. The van der Waals surface area contributed by atoms with Crippen molar-refractivity contribution in [1.29, 1.82) is 0 Å². The number of amides is 2. The standard InChI is InChI=1S/C30H35ClN2O2/c1-22(2)20-32-30(35)28(19-24-11-5-4-6-12-24)33(21-25-13-9-10-23(3)18-25)29(34)17-16-26-14-7-8-15-27(26)31/h4-15,18,22,28H,16-17,19-21H2,1-3H3,(H,32,35). The summed E-state index contributed by atoms with van der Waals surface area (Å²) in [5.41, 5.74) is 4.08. The molecule has 3 rings (SSSR count). The Hall–Kier alpha value is -3.11. The first kappa shape index (κ1) is 26.5. The van der Waals surface area contributed by atoms with Gasteiger partial charge in [0.05, 0.1) is 0 Å². The predicted octanol–water partition coefficient (Wildman–Crippen LogP) is 5.99. The zero-order valence-corrected chi connectivity index (χ0v) is 21.6. The number of nitrogens with zero attached hydrogens (tertiary/aromatic N) is 1. The molecule has 1 unspecified atom stereocenters. The minimum Gasteiger partial charge on any atom is -0.354 e. The fourth-order valence-electron chi connectivity index (χ4n) is 4.07. The Morgan fingerprint density at radius 2 is 1.60 bits per heavy atom. The molecule has 1 N–H and O–H groups in total. The van der Waals surface area contributed by atoms with Crippen LogP contribution in [0.1, 0.15) is 42.5 Å². The lowest BCUT2D eigenvalue weighted by molar-refractivity contribution is -0.141. The Morgan fingerprint density at radius 3 is 2.29 bits per heavy atom. The van der Waals surface area contributed by atoms with Gasteiger partial charge in [0, 0.05) is 31.0 Å². The summed E-state index contributed by atoms with van der Waals surface area (Å²) in [6.07, 6.45) is 1.25. The lowest BCUT2D eigenvalue weighted by Crippen LogP contribution is -2.51. The van der Waals surface area contributed by atoms with Gasteiger partial charge in [-0.1, -0.05) is 104 Å². The van der Waals surface area contributed by atoms with Gasteiger partial charge in [0.15, 0.2) is 0 Å². The summed E-state index contributed by atoms with van der Waals surface area (Å²) in [5.74, 6) is 0.130. The van der Waals surface area contributed by atoms with Crippen molar-refractivity contribution < 1.29 is 9.59 Å². The first-order chi connectivity index (χ1) is 16.8. The molecule has 0 spiro atoms. The van der Waals surface area contributed by atoms with Gasteiger partial charge >= 0.3 is 0 Å². The zero-order chi connectivity index (χ0) is 25.2. The number of rotatable bonds is 11.